The Morgan fingerprint density at radius 3 is 2.44 bits per heavy atom. The first-order chi connectivity index (χ1) is 7.49. The molecule has 0 fully saturated rings. The van der Waals surface area contributed by atoms with E-state index in [0.29, 0.717) is 5.92 Å². The van der Waals surface area contributed by atoms with Crippen molar-refractivity contribution in [3.8, 4) is 0 Å². The highest BCUT2D eigenvalue weighted by Gasteiger charge is 2.08. The van der Waals surface area contributed by atoms with Gasteiger partial charge in [0.1, 0.15) is 11.6 Å². The first kappa shape index (κ1) is 12.9. The minimum atomic E-state index is -0.417. The van der Waals surface area contributed by atoms with Gasteiger partial charge in [0.2, 0.25) is 0 Å². The lowest BCUT2D eigenvalue weighted by Crippen LogP contribution is -2.16. The summed E-state index contributed by atoms with van der Waals surface area (Å²) in [5.41, 5.74) is 0.247. The molecule has 0 bridgehead atoms. The molecule has 1 N–H and O–H groups in total. The smallest absolute Gasteiger partial charge is 0.146 e. The van der Waals surface area contributed by atoms with E-state index in [2.05, 4.69) is 19.2 Å². The van der Waals surface area contributed by atoms with Crippen LogP contribution in [0.1, 0.15) is 33.6 Å². The maximum atomic E-state index is 13.3. The Morgan fingerprint density at radius 2 is 1.81 bits per heavy atom. The van der Waals surface area contributed by atoms with E-state index >= 15 is 0 Å². The SMILES string of the molecule is CC(C)CCC(C)Nc1cc(F)ccc1F. The molecular weight excluding hydrogens is 208 g/mol. The Kier molecular flexibility index (Phi) is 4.71. The molecule has 0 heterocycles. The summed E-state index contributed by atoms with van der Waals surface area (Å²) in [6, 6.07) is 3.62. The number of benzene rings is 1. The van der Waals surface area contributed by atoms with Crippen LogP contribution >= 0.6 is 0 Å². The molecule has 0 aliphatic carbocycles. The lowest BCUT2D eigenvalue weighted by molar-refractivity contribution is 0.525. The van der Waals surface area contributed by atoms with Crippen molar-refractivity contribution in [3.05, 3.63) is 29.8 Å². The predicted octanol–water partition coefficient (Wildman–Crippen LogP) is 4.20. The normalized spacial score (nSPS) is 12.9. The van der Waals surface area contributed by atoms with E-state index in [4.69, 9.17) is 0 Å². The highest BCUT2D eigenvalue weighted by atomic mass is 19.1. The Balaban J connectivity index is 2.55. The van der Waals surface area contributed by atoms with Crippen molar-refractivity contribution in [2.24, 2.45) is 5.92 Å². The molecule has 0 saturated heterocycles. The Bertz CT molecular complexity index is 337. The summed E-state index contributed by atoms with van der Waals surface area (Å²) in [6.45, 7) is 6.28. The number of halogens is 2. The molecule has 0 aliphatic rings. The van der Waals surface area contributed by atoms with Crippen LogP contribution in [0.5, 0.6) is 0 Å². The maximum absolute atomic E-state index is 13.3. The fourth-order valence-corrected chi connectivity index (χ4v) is 1.53. The average Bonchev–Trinajstić information content (AvgIpc) is 2.20. The van der Waals surface area contributed by atoms with Crippen LogP contribution in [0.15, 0.2) is 18.2 Å². The number of hydrogen-bond donors (Lipinski definition) is 1. The molecule has 0 radical (unpaired) electrons. The monoisotopic (exact) mass is 227 g/mol. The fourth-order valence-electron chi connectivity index (χ4n) is 1.53. The van der Waals surface area contributed by atoms with E-state index < -0.39 is 11.6 Å². The third-order valence-corrected chi connectivity index (χ3v) is 2.51. The first-order valence-electron chi connectivity index (χ1n) is 5.70. The van der Waals surface area contributed by atoms with Gasteiger partial charge in [-0.1, -0.05) is 13.8 Å². The van der Waals surface area contributed by atoms with Gasteiger partial charge in [0, 0.05) is 6.04 Å². The van der Waals surface area contributed by atoms with Crippen LogP contribution in [0.2, 0.25) is 0 Å². The van der Waals surface area contributed by atoms with Crippen molar-refractivity contribution in [1.82, 2.24) is 0 Å². The van der Waals surface area contributed by atoms with Crippen LogP contribution in [0.25, 0.3) is 0 Å². The highest BCUT2D eigenvalue weighted by Crippen LogP contribution is 2.18. The molecule has 0 amide bonds. The minimum absolute atomic E-state index is 0.152. The molecule has 90 valence electrons. The zero-order valence-corrected chi connectivity index (χ0v) is 10.1. The van der Waals surface area contributed by atoms with Crippen molar-refractivity contribution in [2.75, 3.05) is 5.32 Å². The van der Waals surface area contributed by atoms with Crippen molar-refractivity contribution in [3.63, 3.8) is 0 Å². The molecule has 0 spiro atoms. The van der Waals surface area contributed by atoms with Crippen molar-refractivity contribution < 1.29 is 8.78 Å². The lowest BCUT2D eigenvalue weighted by atomic mass is 10.0. The summed E-state index contributed by atoms with van der Waals surface area (Å²) in [5, 5.41) is 2.99. The molecule has 16 heavy (non-hydrogen) atoms. The van der Waals surface area contributed by atoms with E-state index in [0.717, 1.165) is 25.0 Å². The van der Waals surface area contributed by atoms with E-state index in [1.54, 1.807) is 0 Å². The molecule has 0 aromatic heterocycles. The molecule has 1 unspecified atom stereocenters. The predicted molar refractivity (Wildman–Crippen MR) is 63.5 cm³/mol. The molecular formula is C13H19F2N. The van der Waals surface area contributed by atoms with Gasteiger partial charge in [-0.3, -0.25) is 0 Å². The summed E-state index contributed by atoms with van der Waals surface area (Å²) in [6.07, 6.45) is 2.03. The Hall–Kier alpha value is -1.12. The van der Waals surface area contributed by atoms with Gasteiger partial charge in [-0.05, 0) is 43.9 Å². The van der Waals surface area contributed by atoms with Gasteiger partial charge < -0.3 is 5.32 Å². The van der Waals surface area contributed by atoms with Crippen LogP contribution in [-0.4, -0.2) is 6.04 Å². The van der Waals surface area contributed by atoms with Crippen molar-refractivity contribution in [2.45, 2.75) is 39.7 Å². The van der Waals surface area contributed by atoms with Gasteiger partial charge >= 0.3 is 0 Å². The average molecular weight is 227 g/mol. The topological polar surface area (TPSA) is 12.0 Å². The molecule has 1 aromatic carbocycles. The second kappa shape index (κ2) is 5.83. The van der Waals surface area contributed by atoms with Crippen LogP contribution < -0.4 is 5.32 Å². The van der Waals surface area contributed by atoms with Gasteiger partial charge in [-0.2, -0.15) is 0 Å². The summed E-state index contributed by atoms with van der Waals surface area (Å²) in [5.74, 6) is -0.195. The van der Waals surface area contributed by atoms with E-state index in [1.807, 2.05) is 6.92 Å². The standard InChI is InChI=1S/C13H19F2N/c1-9(2)4-5-10(3)16-13-8-11(14)6-7-12(13)15/h6-10,16H,4-5H2,1-3H3. The van der Waals surface area contributed by atoms with Gasteiger partial charge in [0.05, 0.1) is 5.69 Å². The van der Waals surface area contributed by atoms with E-state index in [9.17, 15) is 8.78 Å². The summed E-state index contributed by atoms with van der Waals surface area (Å²) >= 11 is 0. The Labute approximate surface area is 95.9 Å². The molecule has 1 nitrogen and oxygen atoms in total. The molecule has 1 aromatic rings. The maximum Gasteiger partial charge on any atom is 0.146 e. The summed E-state index contributed by atoms with van der Waals surface area (Å²) in [4.78, 5) is 0. The minimum Gasteiger partial charge on any atom is -0.380 e. The van der Waals surface area contributed by atoms with Gasteiger partial charge in [-0.25, -0.2) is 8.78 Å². The summed E-state index contributed by atoms with van der Waals surface area (Å²) in [7, 11) is 0. The first-order valence-corrected chi connectivity index (χ1v) is 5.70. The second-order valence-corrected chi connectivity index (χ2v) is 4.64. The lowest BCUT2D eigenvalue weighted by Gasteiger charge is -2.16. The zero-order chi connectivity index (χ0) is 12.1. The van der Waals surface area contributed by atoms with Crippen molar-refractivity contribution >= 4 is 5.69 Å². The van der Waals surface area contributed by atoms with Gasteiger partial charge in [0.25, 0.3) is 0 Å². The molecule has 3 heteroatoms. The molecule has 1 atom stereocenters. The number of rotatable bonds is 5. The van der Waals surface area contributed by atoms with Gasteiger partial charge in [-0.15, -0.1) is 0 Å². The molecule has 1 rings (SSSR count). The molecule has 0 aliphatic heterocycles. The zero-order valence-electron chi connectivity index (χ0n) is 10.1. The van der Waals surface area contributed by atoms with E-state index in [1.165, 1.54) is 6.07 Å². The quantitative estimate of drug-likeness (QED) is 0.794. The number of hydrogen-bond acceptors (Lipinski definition) is 1. The largest absolute Gasteiger partial charge is 0.380 e. The summed E-state index contributed by atoms with van der Waals surface area (Å²) < 4.78 is 26.2. The highest BCUT2D eigenvalue weighted by molar-refractivity contribution is 5.45. The van der Waals surface area contributed by atoms with Crippen LogP contribution in [0.3, 0.4) is 0 Å². The number of nitrogens with one attached hydrogen (secondary N) is 1. The fraction of sp³-hybridized carbons (Fsp3) is 0.538. The van der Waals surface area contributed by atoms with E-state index in [-0.39, 0.29) is 11.7 Å². The second-order valence-electron chi connectivity index (χ2n) is 4.64. The van der Waals surface area contributed by atoms with Crippen LogP contribution in [-0.2, 0) is 0 Å². The Morgan fingerprint density at radius 1 is 1.12 bits per heavy atom. The third-order valence-electron chi connectivity index (χ3n) is 2.51. The molecule has 0 saturated carbocycles. The number of anilines is 1. The van der Waals surface area contributed by atoms with Crippen LogP contribution in [0.4, 0.5) is 14.5 Å². The third kappa shape index (κ3) is 4.17. The van der Waals surface area contributed by atoms with Gasteiger partial charge in [0.15, 0.2) is 0 Å². The van der Waals surface area contributed by atoms with Crippen LogP contribution in [0, 0.1) is 17.6 Å². The van der Waals surface area contributed by atoms with Crippen molar-refractivity contribution in [1.29, 1.82) is 0 Å².